The average Bonchev–Trinajstić information content (AvgIpc) is 2.38. The Hall–Kier alpha value is -2.63. The molecule has 1 heterocycles. The van der Waals surface area contributed by atoms with Gasteiger partial charge in [-0.3, -0.25) is 9.78 Å². The third kappa shape index (κ3) is 3.23. The molecule has 2 N–H and O–H groups in total. The Morgan fingerprint density at radius 3 is 2.55 bits per heavy atom. The molecule has 1 aromatic heterocycles. The van der Waals surface area contributed by atoms with E-state index in [1.807, 2.05) is 30.3 Å². The zero-order valence-corrected chi connectivity index (χ0v) is 11.3. The van der Waals surface area contributed by atoms with Gasteiger partial charge in [-0.15, -0.1) is 0 Å². The Balaban J connectivity index is 2.15. The molecule has 2 rings (SSSR count). The molecule has 104 valence electrons. The highest BCUT2D eigenvalue weighted by atomic mass is 16.6. The number of benzene rings is 1. The fourth-order valence-electron chi connectivity index (χ4n) is 1.86. The van der Waals surface area contributed by atoms with Crippen molar-refractivity contribution in [3.8, 4) is 0 Å². The van der Waals surface area contributed by atoms with Crippen LogP contribution in [0.15, 0.2) is 45.1 Å². The monoisotopic (exact) mass is 273 g/mol. The molecule has 0 saturated heterocycles. The van der Waals surface area contributed by atoms with Crippen LogP contribution in [-0.2, 0) is 11.4 Å². The summed E-state index contributed by atoms with van der Waals surface area (Å²) in [5.41, 5.74) is 1.16. The number of aromatic amines is 2. The van der Waals surface area contributed by atoms with Gasteiger partial charge in [0.25, 0.3) is 5.56 Å². The molecular weight excluding hydrogens is 258 g/mol. The van der Waals surface area contributed by atoms with Crippen molar-refractivity contribution in [2.75, 3.05) is 0 Å². The van der Waals surface area contributed by atoms with Crippen LogP contribution >= 0.6 is 0 Å². The summed E-state index contributed by atoms with van der Waals surface area (Å²) in [7, 11) is 0. The van der Waals surface area contributed by atoms with E-state index in [4.69, 9.17) is 4.84 Å². The second-order valence-electron chi connectivity index (χ2n) is 4.34. The van der Waals surface area contributed by atoms with Crippen molar-refractivity contribution in [2.24, 2.45) is 5.16 Å². The first-order valence-corrected chi connectivity index (χ1v) is 6.12. The SMILES string of the molecule is CC(=NOCc1ccccc1)c1c(C)[nH]c(=O)[nH]c1=O. The standard InChI is InChI=1S/C14H15N3O3/c1-9-12(13(18)16-14(19)15-9)10(2)17-20-8-11-6-4-3-5-7-11/h3-7H,8H2,1-2H3,(H2,15,16,18,19). The molecule has 0 aliphatic carbocycles. The Labute approximate surface area is 115 Å². The molecule has 6 nitrogen and oxygen atoms in total. The number of hydrogen-bond donors (Lipinski definition) is 2. The van der Waals surface area contributed by atoms with Crippen molar-refractivity contribution < 1.29 is 4.84 Å². The van der Waals surface area contributed by atoms with Crippen LogP contribution < -0.4 is 11.2 Å². The maximum absolute atomic E-state index is 11.7. The summed E-state index contributed by atoms with van der Waals surface area (Å²) in [6, 6.07) is 9.57. The predicted molar refractivity (Wildman–Crippen MR) is 75.9 cm³/mol. The average molecular weight is 273 g/mol. The summed E-state index contributed by atoms with van der Waals surface area (Å²) in [6.45, 7) is 3.61. The molecular formula is C14H15N3O3. The quantitative estimate of drug-likeness (QED) is 0.650. The van der Waals surface area contributed by atoms with Gasteiger partial charge in [-0.25, -0.2) is 4.79 Å². The number of rotatable bonds is 4. The van der Waals surface area contributed by atoms with E-state index in [-0.39, 0.29) is 0 Å². The lowest BCUT2D eigenvalue weighted by molar-refractivity contribution is 0.130. The molecule has 0 amide bonds. The third-order valence-corrected chi connectivity index (χ3v) is 2.77. The van der Waals surface area contributed by atoms with E-state index in [0.717, 1.165) is 5.56 Å². The second kappa shape index (κ2) is 6.01. The Bertz CT molecular complexity index is 729. The largest absolute Gasteiger partial charge is 0.391 e. The molecule has 0 radical (unpaired) electrons. The molecule has 0 aliphatic rings. The number of H-pyrrole nitrogens is 2. The van der Waals surface area contributed by atoms with E-state index in [1.165, 1.54) is 0 Å². The van der Waals surface area contributed by atoms with Gasteiger partial charge in [0.15, 0.2) is 0 Å². The van der Waals surface area contributed by atoms with Crippen LogP contribution in [0.3, 0.4) is 0 Å². The summed E-state index contributed by atoms with van der Waals surface area (Å²) >= 11 is 0. The molecule has 1 aromatic carbocycles. The van der Waals surface area contributed by atoms with Gasteiger partial charge in [0.1, 0.15) is 6.61 Å². The third-order valence-electron chi connectivity index (χ3n) is 2.77. The van der Waals surface area contributed by atoms with Crippen LogP contribution in [0.25, 0.3) is 0 Å². The number of nitrogens with zero attached hydrogens (tertiary/aromatic N) is 1. The van der Waals surface area contributed by atoms with Crippen molar-refractivity contribution in [1.29, 1.82) is 0 Å². The van der Waals surface area contributed by atoms with E-state index < -0.39 is 11.2 Å². The van der Waals surface area contributed by atoms with Crippen LogP contribution in [0.5, 0.6) is 0 Å². The van der Waals surface area contributed by atoms with Gasteiger partial charge in [0, 0.05) is 5.69 Å². The van der Waals surface area contributed by atoms with Crippen molar-refractivity contribution >= 4 is 5.71 Å². The minimum absolute atomic E-state index is 0.317. The van der Waals surface area contributed by atoms with Crippen LogP contribution in [-0.4, -0.2) is 15.7 Å². The summed E-state index contributed by atoms with van der Waals surface area (Å²) in [4.78, 5) is 32.7. The highest BCUT2D eigenvalue weighted by Crippen LogP contribution is 2.03. The van der Waals surface area contributed by atoms with Crippen molar-refractivity contribution in [2.45, 2.75) is 20.5 Å². The van der Waals surface area contributed by atoms with E-state index in [1.54, 1.807) is 13.8 Å². The van der Waals surface area contributed by atoms with E-state index in [9.17, 15) is 9.59 Å². The molecule has 2 aromatic rings. The van der Waals surface area contributed by atoms with Crippen LogP contribution in [0.4, 0.5) is 0 Å². The molecule has 0 aliphatic heterocycles. The van der Waals surface area contributed by atoms with Crippen molar-refractivity contribution in [3.63, 3.8) is 0 Å². The van der Waals surface area contributed by atoms with Gasteiger partial charge in [0.2, 0.25) is 0 Å². The van der Waals surface area contributed by atoms with E-state index in [2.05, 4.69) is 15.1 Å². The molecule has 0 atom stereocenters. The van der Waals surface area contributed by atoms with Crippen LogP contribution in [0, 0.1) is 6.92 Å². The fraction of sp³-hybridized carbons (Fsp3) is 0.214. The fourth-order valence-corrected chi connectivity index (χ4v) is 1.86. The first kappa shape index (κ1) is 13.8. The lowest BCUT2D eigenvalue weighted by Crippen LogP contribution is -2.29. The zero-order valence-electron chi connectivity index (χ0n) is 11.3. The topological polar surface area (TPSA) is 87.3 Å². The number of oxime groups is 1. The molecule has 6 heteroatoms. The summed E-state index contributed by atoms with van der Waals surface area (Å²) in [6.07, 6.45) is 0. The molecule has 0 saturated carbocycles. The molecule has 0 fully saturated rings. The van der Waals surface area contributed by atoms with E-state index >= 15 is 0 Å². The predicted octanol–water partition coefficient (Wildman–Crippen LogP) is 1.31. The highest BCUT2D eigenvalue weighted by molar-refractivity contribution is 5.98. The van der Waals surface area contributed by atoms with Gasteiger partial charge in [0.05, 0.1) is 11.3 Å². The molecule has 0 bridgehead atoms. The number of aryl methyl sites for hydroxylation is 1. The maximum Gasteiger partial charge on any atom is 0.325 e. The second-order valence-corrected chi connectivity index (χ2v) is 4.34. The van der Waals surface area contributed by atoms with Gasteiger partial charge >= 0.3 is 5.69 Å². The molecule has 0 unspecified atom stereocenters. The van der Waals surface area contributed by atoms with Gasteiger partial charge < -0.3 is 9.82 Å². The number of nitrogens with one attached hydrogen (secondary N) is 2. The Kier molecular flexibility index (Phi) is 4.14. The molecule has 0 spiro atoms. The van der Waals surface area contributed by atoms with Gasteiger partial charge in [-0.1, -0.05) is 35.5 Å². The van der Waals surface area contributed by atoms with Gasteiger partial charge in [-0.05, 0) is 19.4 Å². The normalized spacial score (nSPS) is 11.4. The minimum atomic E-state index is -0.533. The summed E-state index contributed by atoms with van der Waals surface area (Å²) in [5.74, 6) is 0. The van der Waals surface area contributed by atoms with Crippen molar-refractivity contribution in [1.82, 2.24) is 9.97 Å². The summed E-state index contributed by atoms with van der Waals surface area (Å²) in [5, 5.41) is 3.92. The van der Waals surface area contributed by atoms with Gasteiger partial charge in [-0.2, -0.15) is 0 Å². The number of aromatic nitrogens is 2. The lowest BCUT2D eigenvalue weighted by Gasteiger charge is -2.04. The maximum atomic E-state index is 11.7. The first-order chi connectivity index (χ1) is 9.58. The van der Waals surface area contributed by atoms with E-state index in [0.29, 0.717) is 23.6 Å². The van der Waals surface area contributed by atoms with Crippen LogP contribution in [0.2, 0.25) is 0 Å². The number of hydrogen-bond acceptors (Lipinski definition) is 4. The first-order valence-electron chi connectivity index (χ1n) is 6.12. The summed E-state index contributed by atoms with van der Waals surface area (Å²) < 4.78 is 0. The highest BCUT2D eigenvalue weighted by Gasteiger charge is 2.09. The Morgan fingerprint density at radius 1 is 1.20 bits per heavy atom. The molecule has 20 heavy (non-hydrogen) atoms. The Morgan fingerprint density at radius 2 is 1.90 bits per heavy atom. The van der Waals surface area contributed by atoms with Crippen molar-refractivity contribution in [3.05, 3.63) is 68.0 Å². The zero-order chi connectivity index (χ0) is 14.5. The smallest absolute Gasteiger partial charge is 0.325 e. The minimum Gasteiger partial charge on any atom is -0.391 e. The lowest BCUT2D eigenvalue weighted by atomic mass is 10.1. The van der Waals surface area contributed by atoms with Crippen LogP contribution in [0.1, 0.15) is 23.7 Å².